The van der Waals surface area contributed by atoms with Crippen LogP contribution in [0.2, 0.25) is 0 Å². The van der Waals surface area contributed by atoms with Crippen LogP contribution in [0, 0.1) is 0 Å². The molecule has 1 aromatic carbocycles. The number of nitrogens with zero attached hydrogens (tertiary/aromatic N) is 7. The lowest BCUT2D eigenvalue weighted by molar-refractivity contribution is -0.123. The molecule has 0 radical (unpaired) electrons. The Morgan fingerprint density at radius 3 is 2.96 bits per heavy atom. The number of hydrogen-bond acceptors (Lipinski definition) is 6. The van der Waals surface area contributed by atoms with Gasteiger partial charge in [-0.3, -0.25) is 4.79 Å². The molecule has 3 aromatic rings. The van der Waals surface area contributed by atoms with Crippen LogP contribution in [0.4, 0.5) is 0 Å². The first-order valence-corrected chi connectivity index (χ1v) is 9.25. The fourth-order valence-electron chi connectivity index (χ4n) is 3.39. The van der Waals surface area contributed by atoms with Crippen LogP contribution < -0.4 is 5.32 Å². The predicted molar refractivity (Wildman–Crippen MR) is 96.4 cm³/mol. The Bertz CT molecular complexity index is 888. The third kappa shape index (κ3) is 4.02. The van der Waals surface area contributed by atoms with E-state index in [1.54, 1.807) is 11.0 Å². The van der Waals surface area contributed by atoms with Gasteiger partial charge in [0.2, 0.25) is 5.91 Å². The molecule has 0 unspecified atom stereocenters. The Hall–Kier alpha value is -3.10. The zero-order chi connectivity index (χ0) is 18.5. The summed E-state index contributed by atoms with van der Waals surface area (Å²) in [5.41, 5.74) is 1.26. The summed E-state index contributed by atoms with van der Waals surface area (Å²) in [7, 11) is 0. The molecular weight excluding hydrogens is 344 g/mol. The molecule has 140 valence electrons. The molecule has 2 aromatic heterocycles. The normalized spacial score (nSPS) is 16.5. The van der Waals surface area contributed by atoms with E-state index < -0.39 is 0 Å². The molecule has 0 spiro atoms. The molecule has 0 bridgehead atoms. The number of rotatable bonds is 6. The van der Waals surface area contributed by atoms with E-state index in [1.165, 1.54) is 5.56 Å². The summed E-state index contributed by atoms with van der Waals surface area (Å²) in [6.45, 7) is 1.87. The molecule has 0 aliphatic carbocycles. The van der Waals surface area contributed by atoms with Gasteiger partial charge in [0.15, 0.2) is 11.6 Å². The highest BCUT2D eigenvalue weighted by Gasteiger charge is 2.28. The topological polar surface area (TPSA) is 103 Å². The van der Waals surface area contributed by atoms with E-state index in [4.69, 9.17) is 0 Å². The van der Waals surface area contributed by atoms with Gasteiger partial charge in [-0.2, -0.15) is 0 Å². The molecule has 27 heavy (non-hydrogen) atoms. The van der Waals surface area contributed by atoms with Gasteiger partial charge in [-0.15, -0.1) is 15.3 Å². The van der Waals surface area contributed by atoms with Gasteiger partial charge in [0, 0.05) is 13.1 Å². The van der Waals surface area contributed by atoms with Gasteiger partial charge in [-0.1, -0.05) is 36.8 Å². The van der Waals surface area contributed by atoms with Gasteiger partial charge in [0.25, 0.3) is 0 Å². The summed E-state index contributed by atoms with van der Waals surface area (Å²) in [4.78, 5) is 12.7. The second kappa shape index (κ2) is 8.07. The number of aryl methyl sites for hydroxylation is 3. The van der Waals surface area contributed by atoms with Crippen LogP contribution in [-0.4, -0.2) is 40.9 Å². The van der Waals surface area contributed by atoms with Gasteiger partial charge in [0.1, 0.15) is 6.33 Å². The van der Waals surface area contributed by atoms with Crippen LogP contribution in [0.25, 0.3) is 0 Å². The molecule has 0 fully saturated rings. The van der Waals surface area contributed by atoms with Crippen molar-refractivity contribution in [3.8, 4) is 0 Å². The van der Waals surface area contributed by atoms with Gasteiger partial charge >= 0.3 is 0 Å². The summed E-state index contributed by atoms with van der Waals surface area (Å²) in [6, 6.07) is 10.3. The maximum absolute atomic E-state index is 12.7. The first kappa shape index (κ1) is 17.3. The molecule has 1 N–H and O–H groups in total. The monoisotopic (exact) mass is 366 g/mol. The number of aromatic nitrogens is 7. The number of tetrazole rings is 1. The summed E-state index contributed by atoms with van der Waals surface area (Å²) in [6.07, 6.45) is 5.30. The van der Waals surface area contributed by atoms with Crippen LogP contribution >= 0.6 is 0 Å². The Kier molecular flexibility index (Phi) is 5.17. The van der Waals surface area contributed by atoms with Gasteiger partial charge < -0.3 is 9.88 Å². The average Bonchev–Trinajstić information content (AvgIpc) is 3.30. The van der Waals surface area contributed by atoms with E-state index in [0.717, 1.165) is 44.6 Å². The minimum absolute atomic E-state index is 0.0643. The van der Waals surface area contributed by atoms with E-state index in [-0.39, 0.29) is 11.8 Å². The van der Waals surface area contributed by atoms with Crippen molar-refractivity contribution in [2.75, 3.05) is 0 Å². The third-order valence-electron chi connectivity index (χ3n) is 4.90. The van der Waals surface area contributed by atoms with Crippen molar-refractivity contribution in [2.45, 2.75) is 51.2 Å². The molecule has 1 amide bonds. The molecule has 1 aliphatic heterocycles. The highest BCUT2D eigenvalue weighted by Crippen LogP contribution is 2.24. The third-order valence-corrected chi connectivity index (χ3v) is 4.90. The molecule has 9 nitrogen and oxygen atoms in total. The van der Waals surface area contributed by atoms with E-state index >= 15 is 0 Å². The number of carbonyl (C=O) groups is 1. The van der Waals surface area contributed by atoms with Crippen LogP contribution in [-0.2, 0) is 30.8 Å². The molecule has 0 saturated carbocycles. The molecule has 1 atom stereocenters. The number of benzene rings is 1. The summed E-state index contributed by atoms with van der Waals surface area (Å²) < 4.78 is 3.71. The summed E-state index contributed by atoms with van der Waals surface area (Å²) in [5, 5.41) is 22.9. The summed E-state index contributed by atoms with van der Waals surface area (Å²) >= 11 is 0. The average molecular weight is 366 g/mol. The lowest BCUT2D eigenvalue weighted by Gasteiger charge is -2.13. The molecule has 4 rings (SSSR count). The second-order valence-electron chi connectivity index (χ2n) is 6.70. The van der Waals surface area contributed by atoms with Gasteiger partial charge in [-0.05, 0) is 35.3 Å². The lowest BCUT2D eigenvalue weighted by Crippen LogP contribution is -2.31. The quantitative estimate of drug-likeness (QED) is 0.700. The SMILES string of the molecule is O=C(NCc1nncn1CCc1ccccc1)[C@H]1CCCCn2nnnc21. The fourth-order valence-corrected chi connectivity index (χ4v) is 3.39. The van der Waals surface area contributed by atoms with Crippen molar-refractivity contribution in [3.63, 3.8) is 0 Å². The fraction of sp³-hybridized carbons (Fsp3) is 0.444. The van der Waals surface area contributed by atoms with E-state index in [9.17, 15) is 4.79 Å². The Labute approximate surface area is 156 Å². The standard InChI is InChI=1S/C18H22N8O/c27-18(15-8-4-5-10-26-17(15)22-23-24-26)19-12-16-21-20-13-25(16)11-9-14-6-2-1-3-7-14/h1-3,6-7,13,15H,4-5,8-12H2,(H,19,27)/t15-/m0/s1. The minimum atomic E-state index is -0.316. The second-order valence-corrected chi connectivity index (χ2v) is 6.70. The van der Waals surface area contributed by atoms with Crippen molar-refractivity contribution in [2.24, 2.45) is 0 Å². The van der Waals surface area contributed by atoms with Crippen LogP contribution in [0.3, 0.4) is 0 Å². The Morgan fingerprint density at radius 2 is 2.07 bits per heavy atom. The van der Waals surface area contributed by atoms with E-state index in [0.29, 0.717) is 12.4 Å². The summed E-state index contributed by atoms with van der Waals surface area (Å²) in [5.74, 6) is 1.01. The minimum Gasteiger partial charge on any atom is -0.348 e. The molecular formula is C18H22N8O. The highest BCUT2D eigenvalue weighted by molar-refractivity contribution is 5.82. The van der Waals surface area contributed by atoms with Crippen molar-refractivity contribution < 1.29 is 4.79 Å². The number of amides is 1. The predicted octanol–water partition coefficient (Wildman–Crippen LogP) is 1.09. The van der Waals surface area contributed by atoms with Crippen LogP contribution in [0.15, 0.2) is 36.7 Å². The number of fused-ring (bicyclic) bond motifs is 1. The van der Waals surface area contributed by atoms with Gasteiger partial charge in [0.05, 0.1) is 12.5 Å². The van der Waals surface area contributed by atoms with Crippen molar-refractivity contribution in [1.29, 1.82) is 0 Å². The first-order valence-electron chi connectivity index (χ1n) is 9.25. The van der Waals surface area contributed by atoms with Crippen LogP contribution in [0.5, 0.6) is 0 Å². The van der Waals surface area contributed by atoms with E-state index in [1.807, 2.05) is 22.8 Å². The number of nitrogens with one attached hydrogen (secondary N) is 1. The maximum Gasteiger partial charge on any atom is 0.231 e. The van der Waals surface area contributed by atoms with Crippen molar-refractivity contribution in [3.05, 3.63) is 53.9 Å². The zero-order valence-corrected chi connectivity index (χ0v) is 15.0. The maximum atomic E-state index is 12.7. The molecule has 1 aliphatic rings. The van der Waals surface area contributed by atoms with E-state index in [2.05, 4.69) is 43.2 Å². The first-order chi connectivity index (χ1) is 13.3. The Morgan fingerprint density at radius 1 is 1.19 bits per heavy atom. The molecule has 0 saturated heterocycles. The smallest absolute Gasteiger partial charge is 0.231 e. The number of hydrogen-bond donors (Lipinski definition) is 1. The highest BCUT2D eigenvalue weighted by atomic mass is 16.2. The van der Waals surface area contributed by atoms with Crippen molar-refractivity contribution >= 4 is 5.91 Å². The molecule has 9 heteroatoms. The lowest BCUT2D eigenvalue weighted by atomic mass is 10.0. The molecule has 3 heterocycles. The van der Waals surface area contributed by atoms with Crippen LogP contribution in [0.1, 0.15) is 42.4 Å². The number of carbonyl (C=O) groups excluding carboxylic acids is 1. The van der Waals surface area contributed by atoms with Crippen molar-refractivity contribution in [1.82, 2.24) is 40.3 Å². The largest absolute Gasteiger partial charge is 0.348 e. The Balaban J connectivity index is 1.37. The van der Waals surface area contributed by atoms with Gasteiger partial charge in [-0.25, -0.2) is 4.68 Å². The zero-order valence-electron chi connectivity index (χ0n) is 15.0.